The van der Waals surface area contributed by atoms with Gasteiger partial charge in [0.1, 0.15) is 11.6 Å². The van der Waals surface area contributed by atoms with Crippen LogP contribution >= 0.6 is 0 Å². The first-order chi connectivity index (χ1) is 16.6. The standard InChI is InChI=1S/C28H37N3O4/c1-5-20-11-13-23(14-12-20)29-26(33)24(19-21-9-7-6-8-10-21)30-25(32)22-15-17-31(18-16-22)27(34)35-28(2,3)4/h6-14,22,24H,5,15-19H2,1-4H3,(H,29,33)(H,30,32)/t24-/m1/s1. The number of anilines is 1. The molecule has 188 valence electrons. The van der Waals surface area contributed by atoms with Crippen LogP contribution in [-0.2, 0) is 27.2 Å². The van der Waals surface area contributed by atoms with Crippen molar-refractivity contribution in [3.8, 4) is 0 Å². The van der Waals surface area contributed by atoms with Crippen molar-refractivity contribution in [3.63, 3.8) is 0 Å². The van der Waals surface area contributed by atoms with Gasteiger partial charge in [0.05, 0.1) is 0 Å². The molecule has 0 saturated carbocycles. The number of hydrogen-bond donors (Lipinski definition) is 2. The number of nitrogens with one attached hydrogen (secondary N) is 2. The molecule has 0 radical (unpaired) electrons. The molecule has 3 amide bonds. The number of benzene rings is 2. The Bertz CT molecular complexity index is 991. The van der Waals surface area contributed by atoms with Gasteiger partial charge in [-0.1, -0.05) is 49.4 Å². The van der Waals surface area contributed by atoms with Crippen molar-refractivity contribution in [3.05, 3.63) is 65.7 Å². The van der Waals surface area contributed by atoms with Gasteiger partial charge in [0.25, 0.3) is 0 Å². The highest BCUT2D eigenvalue weighted by Gasteiger charge is 2.32. The molecule has 1 heterocycles. The number of nitrogens with zero attached hydrogens (tertiary/aromatic N) is 1. The monoisotopic (exact) mass is 479 g/mol. The van der Waals surface area contributed by atoms with E-state index in [2.05, 4.69) is 17.6 Å². The highest BCUT2D eigenvalue weighted by molar-refractivity contribution is 5.97. The predicted octanol–water partition coefficient (Wildman–Crippen LogP) is 4.56. The SMILES string of the molecule is CCc1ccc(NC(=O)[C@@H](Cc2ccccc2)NC(=O)C2CCN(C(=O)OC(C)(C)C)CC2)cc1. The fourth-order valence-corrected chi connectivity index (χ4v) is 4.05. The van der Waals surface area contributed by atoms with Crippen molar-refractivity contribution in [2.45, 2.75) is 65.0 Å². The molecule has 7 heteroatoms. The minimum Gasteiger partial charge on any atom is -0.444 e. The molecule has 0 aliphatic carbocycles. The van der Waals surface area contributed by atoms with Crippen LogP contribution in [0.3, 0.4) is 0 Å². The van der Waals surface area contributed by atoms with Gasteiger partial charge in [-0.25, -0.2) is 4.79 Å². The number of hydrogen-bond acceptors (Lipinski definition) is 4. The Morgan fingerprint density at radius 3 is 2.17 bits per heavy atom. The molecule has 1 aliphatic heterocycles. The summed E-state index contributed by atoms with van der Waals surface area (Å²) in [6, 6.07) is 16.7. The quantitative estimate of drug-likeness (QED) is 0.609. The summed E-state index contributed by atoms with van der Waals surface area (Å²) in [6.07, 6.45) is 2.02. The molecular weight excluding hydrogens is 442 g/mol. The molecule has 1 saturated heterocycles. The predicted molar refractivity (Wildman–Crippen MR) is 137 cm³/mol. The normalized spacial score (nSPS) is 15.3. The van der Waals surface area contributed by atoms with Crippen molar-refractivity contribution in [1.82, 2.24) is 10.2 Å². The Morgan fingerprint density at radius 2 is 1.60 bits per heavy atom. The van der Waals surface area contributed by atoms with Crippen molar-refractivity contribution < 1.29 is 19.1 Å². The lowest BCUT2D eigenvalue weighted by molar-refractivity contribution is -0.130. The molecule has 0 spiro atoms. The Labute approximate surface area is 208 Å². The second kappa shape index (κ2) is 11.9. The molecule has 1 aliphatic rings. The van der Waals surface area contributed by atoms with Gasteiger partial charge in [-0.05, 0) is 63.3 Å². The fourth-order valence-electron chi connectivity index (χ4n) is 4.05. The van der Waals surface area contributed by atoms with E-state index in [1.165, 1.54) is 5.56 Å². The van der Waals surface area contributed by atoms with Gasteiger partial charge in [-0.2, -0.15) is 0 Å². The van der Waals surface area contributed by atoms with E-state index in [1.807, 2.05) is 75.4 Å². The van der Waals surface area contributed by atoms with Crippen molar-refractivity contribution in [2.75, 3.05) is 18.4 Å². The largest absolute Gasteiger partial charge is 0.444 e. The summed E-state index contributed by atoms with van der Waals surface area (Å²) in [5.41, 5.74) is 2.30. The number of piperidine rings is 1. The first-order valence-corrected chi connectivity index (χ1v) is 12.4. The van der Waals surface area contributed by atoms with Crippen LogP contribution in [0.5, 0.6) is 0 Å². The van der Waals surface area contributed by atoms with Gasteiger partial charge in [0.15, 0.2) is 0 Å². The summed E-state index contributed by atoms with van der Waals surface area (Å²) in [5, 5.41) is 5.92. The summed E-state index contributed by atoms with van der Waals surface area (Å²) in [5.74, 6) is -0.674. The number of likely N-dealkylation sites (tertiary alicyclic amines) is 1. The number of amides is 3. The fraction of sp³-hybridized carbons (Fsp3) is 0.464. The molecular formula is C28H37N3O4. The highest BCUT2D eigenvalue weighted by Crippen LogP contribution is 2.21. The number of aryl methyl sites for hydroxylation is 1. The summed E-state index contributed by atoms with van der Waals surface area (Å²) in [4.78, 5) is 40.3. The molecule has 0 bridgehead atoms. The number of carbonyl (C=O) groups excluding carboxylic acids is 3. The third kappa shape index (κ3) is 8.12. The lowest BCUT2D eigenvalue weighted by Gasteiger charge is -2.33. The van der Waals surface area contributed by atoms with E-state index in [9.17, 15) is 14.4 Å². The minimum absolute atomic E-state index is 0.161. The second-order valence-corrected chi connectivity index (χ2v) is 10.0. The smallest absolute Gasteiger partial charge is 0.410 e. The second-order valence-electron chi connectivity index (χ2n) is 10.0. The van der Waals surface area contributed by atoms with E-state index < -0.39 is 11.6 Å². The molecule has 3 rings (SSSR count). The maximum Gasteiger partial charge on any atom is 0.410 e. The third-order valence-corrected chi connectivity index (χ3v) is 6.06. The number of rotatable bonds is 7. The van der Waals surface area contributed by atoms with Crippen molar-refractivity contribution in [2.24, 2.45) is 5.92 Å². The molecule has 0 aromatic heterocycles. The first-order valence-electron chi connectivity index (χ1n) is 12.4. The Morgan fingerprint density at radius 1 is 0.971 bits per heavy atom. The Kier molecular flexibility index (Phi) is 8.90. The van der Waals surface area contributed by atoms with Crippen LogP contribution in [0, 0.1) is 5.92 Å². The van der Waals surface area contributed by atoms with E-state index >= 15 is 0 Å². The van der Waals surface area contributed by atoms with Gasteiger partial charge in [-0.3, -0.25) is 9.59 Å². The van der Waals surface area contributed by atoms with Crippen LogP contribution in [-0.4, -0.2) is 47.5 Å². The summed E-state index contributed by atoms with van der Waals surface area (Å²) < 4.78 is 5.44. The summed E-state index contributed by atoms with van der Waals surface area (Å²) >= 11 is 0. The van der Waals surface area contributed by atoms with Gasteiger partial charge >= 0.3 is 6.09 Å². The maximum absolute atomic E-state index is 13.2. The van der Waals surface area contributed by atoms with Gasteiger partial charge in [-0.15, -0.1) is 0 Å². The minimum atomic E-state index is -0.709. The molecule has 1 atom stereocenters. The van der Waals surface area contributed by atoms with Gasteiger partial charge < -0.3 is 20.3 Å². The van der Waals surface area contributed by atoms with Crippen LogP contribution in [0.15, 0.2) is 54.6 Å². The molecule has 1 fully saturated rings. The Balaban J connectivity index is 1.62. The highest BCUT2D eigenvalue weighted by atomic mass is 16.6. The Hall–Kier alpha value is -3.35. The van der Waals surface area contributed by atoms with Crippen LogP contribution in [0.1, 0.15) is 51.7 Å². The maximum atomic E-state index is 13.2. The van der Waals surface area contributed by atoms with Crippen LogP contribution in [0.4, 0.5) is 10.5 Å². The van der Waals surface area contributed by atoms with Crippen molar-refractivity contribution >= 4 is 23.6 Å². The summed E-state index contributed by atoms with van der Waals surface area (Å²) in [6.45, 7) is 8.49. The summed E-state index contributed by atoms with van der Waals surface area (Å²) in [7, 11) is 0. The number of carbonyl (C=O) groups is 3. The average Bonchev–Trinajstić information content (AvgIpc) is 2.83. The van der Waals surface area contributed by atoms with E-state index in [-0.39, 0.29) is 23.8 Å². The zero-order chi connectivity index (χ0) is 25.4. The van der Waals surface area contributed by atoms with E-state index in [0.29, 0.717) is 38.0 Å². The van der Waals surface area contributed by atoms with Crippen molar-refractivity contribution in [1.29, 1.82) is 0 Å². The van der Waals surface area contributed by atoms with E-state index in [0.717, 1.165) is 12.0 Å². The van der Waals surface area contributed by atoms with Crippen LogP contribution in [0.25, 0.3) is 0 Å². The van der Waals surface area contributed by atoms with E-state index in [1.54, 1.807) is 4.90 Å². The van der Waals surface area contributed by atoms with Gasteiger partial charge in [0, 0.05) is 31.1 Å². The van der Waals surface area contributed by atoms with Gasteiger partial charge in [0.2, 0.25) is 11.8 Å². The third-order valence-electron chi connectivity index (χ3n) is 6.06. The molecule has 2 N–H and O–H groups in total. The zero-order valence-electron chi connectivity index (χ0n) is 21.2. The lowest BCUT2D eigenvalue weighted by atomic mass is 9.95. The molecule has 2 aromatic rings. The zero-order valence-corrected chi connectivity index (χ0v) is 21.2. The average molecular weight is 480 g/mol. The number of ether oxygens (including phenoxy) is 1. The van der Waals surface area contributed by atoms with E-state index in [4.69, 9.17) is 4.74 Å². The molecule has 7 nitrogen and oxygen atoms in total. The topological polar surface area (TPSA) is 87.7 Å². The molecule has 35 heavy (non-hydrogen) atoms. The molecule has 2 aromatic carbocycles. The first kappa shape index (κ1) is 26.3. The lowest BCUT2D eigenvalue weighted by Crippen LogP contribution is -2.50. The molecule has 0 unspecified atom stereocenters. The van der Waals surface area contributed by atoms with Crippen LogP contribution < -0.4 is 10.6 Å². The van der Waals surface area contributed by atoms with Crippen LogP contribution in [0.2, 0.25) is 0 Å².